The zero-order valence-electron chi connectivity index (χ0n) is 12.0. The number of benzene rings is 1. The zero-order chi connectivity index (χ0) is 14.7. The summed E-state index contributed by atoms with van der Waals surface area (Å²) in [6.07, 6.45) is 0.921. The number of fused-ring (bicyclic) bond motifs is 1. The molecule has 6 heteroatoms. The molecular weight excluding hydrogens is 302 g/mol. The number of aromatic nitrogens is 2. The predicted octanol–water partition coefficient (Wildman–Crippen LogP) is 4.11. The van der Waals surface area contributed by atoms with E-state index in [0.29, 0.717) is 6.61 Å². The summed E-state index contributed by atoms with van der Waals surface area (Å²) in [6.45, 7) is 5.55. The summed E-state index contributed by atoms with van der Waals surface area (Å²) in [5.41, 5.74) is 2.15. The van der Waals surface area contributed by atoms with Gasteiger partial charge in [-0.25, -0.2) is 9.97 Å². The van der Waals surface area contributed by atoms with Gasteiger partial charge in [-0.2, -0.15) is 0 Å². The van der Waals surface area contributed by atoms with Gasteiger partial charge in [0, 0.05) is 18.3 Å². The topological polar surface area (TPSA) is 47.0 Å². The highest BCUT2D eigenvalue weighted by Gasteiger charge is 2.05. The minimum atomic E-state index is 0.683. The van der Waals surface area contributed by atoms with Crippen LogP contribution in [-0.2, 0) is 6.42 Å². The van der Waals surface area contributed by atoms with E-state index in [0.717, 1.165) is 44.8 Å². The Labute approximate surface area is 131 Å². The molecule has 4 nitrogen and oxygen atoms in total. The van der Waals surface area contributed by atoms with Gasteiger partial charge in [0.25, 0.3) is 0 Å². The molecule has 0 radical (unpaired) electrons. The Kier molecular flexibility index (Phi) is 4.36. The largest absolute Gasteiger partial charge is 0.494 e. The lowest BCUT2D eigenvalue weighted by Gasteiger charge is -2.00. The maximum Gasteiger partial charge on any atom is 0.183 e. The molecule has 0 unspecified atom stereocenters. The number of ether oxygens (including phenoxy) is 1. The van der Waals surface area contributed by atoms with E-state index >= 15 is 0 Å². The fourth-order valence-electron chi connectivity index (χ4n) is 2.06. The van der Waals surface area contributed by atoms with Crippen LogP contribution in [0.25, 0.3) is 10.2 Å². The van der Waals surface area contributed by atoms with Gasteiger partial charge in [0.1, 0.15) is 5.75 Å². The number of nitrogens with zero attached hydrogens (tertiary/aromatic N) is 2. The molecule has 1 aromatic carbocycles. The molecule has 2 aromatic heterocycles. The van der Waals surface area contributed by atoms with Crippen molar-refractivity contribution in [3.63, 3.8) is 0 Å². The second-order valence-electron chi connectivity index (χ2n) is 4.62. The summed E-state index contributed by atoms with van der Waals surface area (Å²) in [7, 11) is 0. The maximum absolute atomic E-state index is 5.52. The van der Waals surface area contributed by atoms with E-state index in [1.54, 1.807) is 22.7 Å². The van der Waals surface area contributed by atoms with Crippen molar-refractivity contribution in [3.8, 4) is 5.75 Å². The maximum atomic E-state index is 5.52. The van der Waals surface area contributed by atoms with E-state index < -0.39 is 0 Å². The Morgan fingerprint density at radius 2 is 2.19 bits per heavy atom. The second kappa shape index (κ2) is 6.41. The van der Waals surface area contributed by atoms with Crippen LogP contribution >= 0.6 is 22.7 Å². The fraction of sp³-hybridized carbons (Fsp3) is 0.333. The van der Waals surface area contributed by atoms with Gasteiger partial charge in [0.05, 0.1) is 27.5 Å². The Morgan fingerprint density at radius 3 is 2.95 bits per heavy atom. The third-order valence-corrected chi connectivity index (χ3v) is 4.79. The van der Waals surface area contributed by atoms with Crippen molar-refractivity contribution in [3.05, 3.63) is 34.3 Å². The van der Waals surface area contributed by atoms with Gasteiger partial charge in [-0.3, -0.25) is 0 Å². The lowest BCUT2D eigenvalue weighted by Crippen LogP contribution is -2.04. The van der Waals surface area contributed by atoms with E-state index in [4.69, 9.17) is 4.74 Å². The molecule has 3 aromatic rings. The molecule has 0 saturated heterocycles. The zero-order valence-corrected chi connectivity index (χ0v) is 13.7. The number of nitrogens with one attached hydrogen (secondary N) is 1. The highest BCUT2D eigenvalue weighted by atomic mass is 32.1. The van der Waals surface area contributed by atoms with E-state index in [2.05, 4.69) is 20.7 Å². The lowest BCUT2D eigenvalue weighted by molar-refractivity contribution is 0.341. The van der Waals surface area contributed by atoms with Crippen molar-refractivity contribution in [1.29, 1.82) is 0 Å². The molecule has 0 amide bonds. The molecule has 21 heavy (non-hydrogen) atoms. The third-order valence-electron chi connectivity index (χ3n) is 2.99. The van der Waals surface area contributed by atoms with Crippen LogP contribution in [0.15, 0.2) is 23.6 Å². The first-order valence-corrected chi connectivity index (χ1v) is 8.62. The average molecular weight is 319 g/mol. The molecule has 1 N–H and O–H groups in total. The lowest BCUT2D eigenvalue weighted by atomic mass is 10.3. The van der Waals surface area contributed by atoms with Crippen molar-refractivity contribution in [1.82, 2.24) is 9.97 Å². The van der Waals surface area contributed by atoms with Crippen molar-refractivity contribution in [2.75, 3.05) is 18.5 Å². The second-order valence-corrected chi connectivity index (χ2v) is 6.71. The first-order valence-electron chi connectivity index (χ1n) is 6.93. The van der Waals surface area contributed by atoms with Gasteiger partial charge in [-0.1, -0.05) is 11.3 Å². The Balaban J connectivity index is 1.64. The SMILES string of the molecule is CCOc1ccc2nc(NCCc3csc(C)n3)sc2c1. The van der Waals surface area contributed by atoms with Gasteiger partial charge in [-0.15, -0.1) is 11.3 Å². The van der Waals surface area contributed by atoms with Gasteiger partial charge in [0.15, 0.2) is 5.13 Å². The molecule has 0 bridgehead atoms. The number of hydrogen-bond donors (Lipinski definition) is 1. The van der Waals surface area contributed by atoms with Crippen LogP contribution in [0.4, 0.5) is 5.13 Å². The monoisotopic (exact) mass is 319 g/mol. The van der Waals surface area contributed by atoms with E-state index in [1.165, 1.54) is 0 Å². The number of aryl methyl sites for hydroxylation is 1. The third kappa shape index (κ3) is 3.51. The Morgan fingerprint density at radius 1 is 1.29 bits per heavy atom. The minimum Gasteiger partial charge on any atom is -0.494 e. The van der Waals surface area contributed by atoms with Crippen molar-refractivity contribution >= 4 is 38.0 Å². The Bertz CT molecular complexity index is 735. The number of rotatable bonds is 6. The first-order chi connectivity index (χ1) is 10.2. The van der Waals surface area contributed by atoms with Crippen molar-refractivity contribution < 1.29 is 4.74 Å². The quantitative estimate of drug-likeness (QED) is 0.742. The van der Waals surface area contributed by atoms with Crippen LogP contribution in [0, 0.1) is 6.92 Å². The summed E-state index contributed by atoms with van der Waals surface area (Å²) >= 11 is 3.35. The smallest absolute Gasteiger partial charge is 0.183 e. The average Bonchev–Trinajstić information content (AvgIpc) is 3.05. The predicted molar refractivity (Wildman–Crippen MR) is 89.8 cm³/mol. The summed E-state index contributed by atoms with van der Waals surface area (Å²) < 4.78 is 6.66. The Hall–Kier alpha value is -1.66. The van der Waals surface area contributed by atoms with E-state index in [-0.39, 0.29) is 0 Å². The molecule has 0 aliphatic rings. The molecule has 3 rings (SSSR count). The normalized spacial score (nSPS) is 11.0. The number of anilines is 1. The summed E-state index contributed by atoms with van der Waals surface area (Å²) in [5.74, 6) is 0.901. The highest BCUT2D eigenvalue weighted by Crippen LogP contribution is 2.29. The van der Waals surface area contributed by atoms with Gasteiger partial charge >= 0.3 is 0 Å². The first kappa shape index (κ1) is 14.3. The molecule has 0 fully saturated rings. The molecular formula is C15H17N3OS2. The van der Waals surface area contributed by atoms with Crippen LogP contribution in [0.3, 0.4) is 0 Å². The van der Waals surface area contributed by atoms with Gasteiger partial charge < -0.3 is 10.1 Å². The standard InChI is InChI=1S/C15H17N3OS2/c1-3-19-12-4-5-13-14(8-12)21-15(18-13)16-7-6-11-9-20-10(2)17-11/h4-5,8-9H,3,6-7H2,1-2H3,(H,16,18). The van der Waals surface area contributed by atoms with Crippen LogP contribution in [0.2, 0.25) is 0 Å². The van der Waals surface area contributed by atoms with Crippen LogP contribution < -0.4 is 10.1 Å². The van der Waals surface area contributed by atoms with Crippen LogP contribution in [0.5, 0.6) is 5.75 Å². The number of hydrogen-bond acceptors (Lipinski definition) is 6. The molecule has 0 aliphatic heterocycles. The number of thiazole rings is 2. The molecule has 0 aliphatic carbocycles. The minimum absolute atomic E-state index is 0.683. The van der Waals surface area contributed by atoms with Crippen LogP contribution in [0.1, 0.15) is 17.6 Å². The van der Waals surface area contributed by atoms with Crippen molar-refractivity contribution in [2.24, 2.45) is 0 Å². The molecule has 0 atom stereocenters. The molecule has 110 valence electrons. The van der Waals surface area contributed by atoms with E-state index in [1.807, 2.05) is 32.0 Å². The summed E-state index contributed by atoms with van der Waals surface area (Å²) in [6, 6.07) is 6.02. The van der Waals surface area contributed by atoms with E-state index in [9.17, 15) is 0 Å². The van der Waals surface area contributed by atoms with Crippen molar-refractivity contribution in [2.45, 2.75) is 20.3 Å². The van der Waals surface area contributed by atoms with Gasteiger partial charge in [-0.05, 0) is 32.0 Å². The molecule has 2 heterocycles. The highest BCUT2D eigenvalue weighted by molar-refractivity contribution is 7.22. The summed E-state index contributed by atoms with van der Waals surface area (Å²) in [4.78, 5) is 9.05. The molecule has 0 saturated carbocycles. The summed E-state index contributed by atoms with van der Waals surface area (Å²) in [5, 5.41) is 7.56. The molecule has 0 spiro atoms. The fourth-order valence-corrected chi connectivity index (χ4v) is 3.62. The van der Waals surface area contributed by atoms with Crippen LogP contribution in [-0.4, -0.2) is 23.1 Å². The van der Waals surface area contributed by atoms with Gasteiger partial charge in [0.2, 0.25) is 0 Å².